The van der Waals surface area contributed by atoms with Crippen LogP contribution in [0.2, 0.25) is 0 Å². The normalized spacial score (nSPS) is 12.9. The van der Waals surface area contributed by atoms with E-state index in [1.54, 1.807) is 4.57 Å². The first kappa shape index (κ1) is 12.8. The number of nitrogens with two attached hydrogens (primary N) is 1. The maximum absolute atomic E-state index is 12.2. The Kier molecular flexibility index (Phi) is 3.53. The Hall–Kier alpha value is -1.61. The standard InChI is InChI=1S/C15H20N2O/c1-4-11-5-6-14-12(8-11)9-13(7-10(2)16)15(18)17(14)3/h5-6,8-10H,4,7,16H2,1-3H3. The third-order valence-corrected chi connectivity index (χ3v) is 3.31. The molecular formula is C15H20N2O. The predicted molar refractivity (Wildman–Crippen MR) is 75.9 cm³/mol. The summed E-state index contributed by atoms with van der Waals surface area (Å²) in [6, 6.07) is 8.24. The molecule has 1 heterocycles. The van der Waals surface area contributed by atoms with Crippen LogP contribution in [0.3, 0.4) is 0 Å². The Balaban J connectivity index is 2.67. The van der Waals surface area contributed by atoms with Crippen molar-refractivity contribution < 1.29 is 0 Å². The first-order valence-electron chi connectivity index (χ1n) is 6.40. The van der Waals surface area contributed by atoms with Gasteiger partial charge in [0.1, 0.15) is 0 Å². The van der Waals surface area contributed by atoms with Crippen LogP contribution in [0.15, 0.2) is 29.1 Å². The van der Waals surface area contributed by atoms with Gasteiger partial charge in [-0.1, -0.05) is 13.0 Å². The van der Waals surface area contributed by atoms with Gasteiger partial charge in [-0.05, 0) is 48.9 Å². The molecule has 0 fully saturated rings. The largest absolute Gasteiger partial charge is 0.328 e. The minimum atomic E-state index is 0.00417. The summed E-state index contributed by atoms with van der Waals surface area (Å²) in [6.45, 7) is 4.05. The Bertz CT molecular complexity index is 626. The van der Waals surface area contributed by atoms with E-state index in [9.17, 15) is 4.79 Å². The fourth-order valence-corrected chi connectivity index (χ4v) is 2.31. The molecule has 96 valence electrons. The van der Waals surface area contributed by atoms with Crippen molar-refractivity contribution >= 4 is 10.9 Å². The van der Waals surface area contributed by atoms with E-state index in [4.69, 9.17) is 5.73 Å². The zero-order valence-electron chi connectivity index (χ0n) is 11.2. The molecular weight excluding hydrogens is 224 g/mol. The summed E-state index contributed by atoms with van der Waals surface area (Å²) in [7, 11) is 1.82. The smallest absolute Gasteiger partial charge is 0.254 e. The quantitative estimate of drug-likeness (QED) is 0.897. The first-order valence-corrected chi connectivity index (χ1v) is 6.40. The lowest BCUT2D eigenvalue weighted by atomic mass is 10.0. The van der Waals surface area contributed by atoms with E-state index in [0.717, 1.165) is 22.9 Å². The Morgan fingerprint density at radius 3 is 2.67 bits per heavy atom. The highest BCUT2D eigenvalue weighted by Gasteiger charge is 2.08. The minimum Gasteiger partial charge on any atom is -0.328 e. The minimum absolute atomic E-state index is 0.00417. The van der Waals surface area contributed by atoms with Gasteiger partial charge in [0.2, 0.25) is 0 Å². The van der Waals surface area contributed by atoms with Gasteiger partial charge in [0, 0.05) is 18.7 Å². The van der Waals surface area contributed by atoms with E-state index >= 15 is 0 Å². The number of pyridine rings is 1. The number of rotatable bonds is 3. The first-order chi connectivity index (χ1) is 8.52. The van der Waals surface area contributed by atoms with Gasteiger partial charge in [0.15, 0.2) is 0 Å². The Morgan fingerprint density at radius 1 is 1.33 bits per heavy atom. The predicted octanol–water partition coefficient (Wildman–Crippen LogP) is 1.99. The van der Waals surface area contributed by atoms with Crippen LogP contribution in [0.5, 0.6) is 0 Å². The summed E-state index contributed by atoms with van der Waals surface area (Å²) in [5.41, 5.74) is 8.92. The van der Waals surface area contributed by atoms with Crippen LogP contribution >= 0.6 is 0 Å². The Labute approximate surface area is 107 Å². The molecule has 2 N–H and O–H groups in total. The maximum atomic E-state index is 12.2. The lowest BCUT2D eigenvalue weighted by Crippen LogP contribution is -2.27. The van der Waals surface area contributed by atoms with Gasteiger partial charge in [-0.25, -0.2) is 0 Å². The van der Waals surface area contributed by atoms with Gasteiger partial charge in [-0.2, -0.15) is 0 Å². The van der Waals surface area contributed by atoms with Gasteiger partial charge in [-0.3, -0.25) is 4.79 Å². The van der Waals surface area contributed by atoms with Crippen LogP contribution in [0.25, 0.3) is 10.9 Å². The summed E-state index contributed by atoms with van der Waals surface area (Å²) >= 11 is 0. The molecule has 1 atom stereocenters. The summed E-state index contributed by atoms with van der Waals surface area (Å²) in [5.74, 6) is 0. The van der Waals surface area contributed by atoms with E-state index in [-0.39, 0.29) is 11.6 Å². The number of aryl methyl sites for hydroxylation is 2. The fourth-order valence-electron chi connectivity index (χ4n) is 2.31. The lowest BCUT2D eigenvalue weighted by Gasteiger charge is -2.11. The number of fused-ring (bicyclic) bond motifs is 1. The summed E-state index contributed by atoms with van der Waals surface area (Å²) < 4.78 is 1.71. The summed E-state index contributed by atoms with van der Waals surface area (Å²) in [6.07, 6.45) is 1.63. The number of benzene rings is 1. The van der Waals surface area contributed by atoms with Crippen LogP contribution in [0.4, 0.5) is 0 Å². The van der Waals surface area contributed by atoms with Crippen molar-refractivity contribution in [2.24, 2.45) is 12.8 Å². The van der Waals surface area contributed by atoms with E-state index < -0.39 is 0 Å². The molecule has 0 aliphatic heterocycles. The second kappa shape index (κ2) is 4.94. The molecule has 0 aliphatic carbocycles. The number of aromatic nitrogens is 1. The molecule has 1 aromatic heterocycles. The van der Waals surface area contributed by atoms with Crippen molar-refractivity contribution in [3.63, 3.8) is 0 Å². The number of nitrogens with zero attached hydrogens (tertiary/aromatic N) is 1. The molecule has 0 saturated carbocycles. The highest BCUT2D eigenvalue weighted by molar-refractivity contribution is 5.80. The van der Waals surface area contributed by atoms with E-state index in [1.807, 2.05) is 26.1 Å². The van der Waals surface area contributed by atoms with Crippen LogP contribution < -0.4 is 11.3 Å². The molecule has 2 aromatic rings. The van der Waals surface area contributed by atoms with Gasteiger partial charge in [0.05, 0.1) is 5.52 Å². The number of hydrogen-bond acceptors (Lipinski definition) is 2. The molecule has 0 aliphatic rings. The van der Waals surface area contributed by atoms with Crippen molar-refractivity contribution in [3.8, 4) is 0 Å². The fraction of sp³-hybridized carbons (Fsp3) is 0.400. The second-order valence-corrected chi connectivity index (χ2v) is 4.96. The third kappa shape index (κ3) is 2.31. The second-order valence-electron chi connectivity index (χ2n) is 4.96. The summed E-state index contributed by atoms with van der Waals surface area (Å²) in [4.78, 5) is 12.2. The lowest BCUT2D eigenvalue weighted by molar-refractivity contribution is 0.722. The molecule has 0 saturated heterocycles. The van der Waals surface area contributed by atoms with Crippen LogP contribution in [0, 0.1) is 0 Å². The average molecular weight is 244 g/mol. The molecule has 0 bridgehead atoms. The number of hydrogen-bond donors (Lipinski definition) is 1. The van der Waals surface area contributed by atoms with Crippen molar-refractivity contribution in [2.75, 3.05) is 0 Å². The molecule has 0 radical (unpaired) electrons. The van der Waals surface area contributed by atoms with E-state index in [2.05, 4.69) is 19.1 Å². The van der Waals surface area contributed by atoms with Crippen LogP contribution in [-0.2, 0) is 19.9 Å². The zero-order valence-corrected chi connectivity index (χ0v) is 11.2. The van der Waals surface area contributed by atoms with Crippen molar-refractivity contribution in [1.29, 1.82) is 0 Å². The SMILES string of the molecule is CCc1ccc2c(c1)cc(CC(C)N)c(=O)n2C. The molecule has 2 rings (SSSR count). The van der Waals surface area contributed by atoms with E-state index in [0.29, 0.717) is 6.42 Å². The van der Waals surface area contributed by atoms with Gasteiger partial charge in [-0.15, -0.1) is 0 Å². The molecule has 1 unspecified atom stereocenters. The highest BCUT2D eigenvalue weighted by Crippen LogP contribution is 2.16. The molecule has 3 heteroatoms. The molecule has 3 nitrogen and oxygen atoms in total. The highest BCUT2D eigenvalue weighted by atomic mass is 16.1. The van der Waals surface area contributed by atoms with Gasteiger partial charge >= 0.3 is 0 Å². The summed E-state index contributed by atoms with van der Waals surface area (Å²) in [5, 5.41) is 1.12. The molecule has 0 amide bonds. The van der Waals surface area contributed by atoms with E-state index in [1.165, 1.54) is 5.56 Å². The van der Waals surface area contributed by atoms with Crippen molar-refractivity contribution in [2.45, 2.75) is 32.7 Å². The molecule has 0 spiro atoms. The van der Waals surface area contributed by atoms with Crippen LogP contribution in [-0.4, -0.2) is 10.6 Å². The van der Waals surface area contributed by atoms with Crippen molar-refractivity contribution in [1.82, 2.24) is 4.57 Å². The van der Waals surface area contributed by atoms with Crippen LogP contribution in [0.1, 0.15) is 25.0 Å². The van der Waals surface area contributed by atoms with Crippen molar-refractivity contribution in [3.05, 3.63) is 45.7 Å². The molecule has 18 heavy (non-hydrogen) atoms. The molecule has 1 aromatic carbocycles. The third-order valence-electron chi connectivity index (χ3n) is 3.31. The Morgan fingerprint density at radius 2 is 2.06 bits per heavy atom. The average Bonchev–Trinajstić information content (AvgIpc) is 2.34. The van der Waals surface area contributed by atoms with Gasteiger partial charge in [0.25, 0.3) is 5.56 Å². The topological polar surface area (TPSA) is 48.0 Å². The monoisotopic (exact) mass is 244 g/mol. The zero-order chi connectivity index (χ0) is 13.3. The maximum Gasteiger partial charge on any atom is 0.254 e. The van der Waals surface area contributed by atoms with Gasteiger partial charge < -0.3 is 10.3 Å².